The summed E-state index contributed by atoms with van der Waals surface area (Å²) in [6, 6.07) is 0. The van der Waals surface area contributed by atoms with Crippen LogP contribution in [0.4, 0.5) is 0 Å². The van der Waals surface area contributed by atoms with E-state index >= 15 is 0 Å². The van der Waals surface area contributed by atoms with Gasteiger partial charge in [-0.3, -0.25) is 0 Å². The van der Waals surface area contributed by atoms with Crippen molar-refractivity contribution in [2.45, 2.75) is 122 Å². The average Bonchev–Trinajstić information content (AvgIpc) is 2.65. The fraction of sp³-hybridized carbons (Fsp3) is 0.833. The molecule has 0 aromatic carbocycles. The molecule has 6 heteroatoms. The minimum absolute atomic E-state index is 0. The van der Waals surface area contributed by atoms with E-state index in [1.54, 1.807) is 6.08 Å². The third-order valence-electron chi connectivity index (χ3n) is 5.28. The van der Waals surface area contributed by atoms with Gasteiger partial charge < -0.3 is 19.8 Å². The Hall–Kier alpha value is 1.95. The van der Waals surface area contributed by atoms with E-state index in [1.165, 1.54) is 96.0 Å². The summed E-state index contributed by atoms with van der Waals surface area (Å²) in [4.78, 5) is 21.3. The molecule has 0 heterocycles. The van der Waals surface area contributed by atoms with E-state index in [1.807, 2.05) is 0 Å². The zero-order chi connectivity index (χ0) is 20.9. The first kappa shape index (κ1) is 36.5. The van der Waals surface area contributed by atoms with Crippen molar-refractivity contribution in [1.82, 2.24) is 0 Å². The van der Waals surface area contributed by atoms with Crippen LogP contribution in [-0.2, 0) is 9.59 Å². The van der Waals surface area contributed by atoms with Crippen molar-refractivity contribution >= 4 is 11.9 Å². The Balaban J connectivity index is -0.00000364. The van der Waals surface area contributed by atoms with Crippen LogP contribution in [0.5, 0.6) is 0 Å². The Labute approximate surface area is 270 Å². The average molecular weight is 473 g/mol. The molecule has 4 nitrogen and oxygen atoms in total. The topological polar surface area (TPSA) is 80.3 Å². The molecule has 0 radical (unpaired) electrons. The molecule has 0 aliphatic carbocycles. The Bertz CT molecular complexity index is 414. The molecule has 0 spiro atoms. The third-order valence-corrected chi connectivity index (χ3v) is 5.28. The summed E-state index contributed by atoms with van der Waals surface area (Å²) in [7, 11) is 0. The van der Waals surface area contributed by atoms with E-state index in [2.05, 4.69) is 6.92 Å². The number of carboxylic acid groups (broad SMARTS) is 2. The number of carbonyl (C=O) groups excluding carboxylic acids is 2. The summed E-state index contributed by atoms with van der Waals surface area (Å²) in [6.45, 7) is 2.26. The van der Waals surface area contributed by atoms with Crippen molar-refractivity contribution < 1.29 is 123 Å². The summed E-state index contributed by atoms with van der Waals surface area (Å²) in [5.74, 6) is -3.79. The van der Waals surface area contributed by atoms with Gasteiger partial charge in [0.15, 0.2) is 0 Å². The molecule has 0 N–H and O–H groups in total. The van der Waals surface area contributed by atoms with Gasteiger partial charge in [0, 0.05) is 17.9 Å². The van der Waals surface area contributed by atoms with Crippen LogP contribution in [0.15, 0.2) is 12.2 Å². The van der Waals surface area contributed by atoms with Crippen LogP contribution in [0.25, 0.3) is 0 Å². The molecule has 0 bridgehead atoms. The first-order valence-electron chi connectivity index (χ1n) is 11.6. The second-order valence-electron chi connectivity index (χ2n) is 8.02. The quantitative estimate of drug-likeness (QED) is 0.118. The maximum atomic E-state index is 10.8. The number of carboxylic acids is 2. The van der Waals surface area contributed by atoms with Crippen LogP contribution in [0.2, 0.25) is 0 Å². The van der Waals surface area contributed by atoms with Gasteiger partial charge in [-0.15, -0.1) is 0 Å². The smallest absolute Gasteiger partial charge is 0.550 e. The minimum atomic E-state index is -1.36. The van der Waals surface area contributed by atoms with Crippen molar-refractivity contribution in [3.8, 4) is 0 Å². The zero-order valence-electron chi connectivity index (χ0n) is 20.1. The molecule has 0 aliphatic heterocycles. The molecule has 0 fully saturated rings. The molecule has 1 unspecified atom stereocenters. The van der Waals surface area contributed by atoms with Crippen LogP contribution in [0.1, 0.15) is 122 Å². The van der Waals surface area contributed by atoms with E-state index in [9.17, 15) is 19.8 Å². The van der Waals surface area contributed by atoms with E-state index in [4.69, 9.17) is 0 Å². The zero-order valence-corrected chi connectivity index (χ0v) is 26.3. The van der Waals surface area contributed by atoms with Crippen molar-refractivity contribution in [2.75, 3.05) is 0 Å². The van der Waals surface area contributed by atoms with E-state index in [-0.39, 0.29) is 103 Å². The van der Waals surface area contributed by atoms with Gasteiger partial charge in [0.2, 0.25) is 0 Å². The van der Waals surface area contributed by atoms with E-state index in [0.717, 1.165) is 19.3 Å². The monoisotopic (exact) mass is 472 g/mol. The number of hydrogen-bond donors (Lipinski definition) is 0. The number of rotatable bonds is 21. The molecule has 0 saturated heterocycles. The molecular weight excluding hydrogens is 430 g/mol. The van der Waals surface area contributed by atoms with Crippen LogP contribution in [0, 0.1) is 5.92 Å². The molecule has 30 heavy (non-hydrogen) atoms. The molecule has 0 aromatic rings. The molecule has 1 atom stereocenters. The van der Waals surface area contributed by atoms with Crippen molar-refractivity contribution in [3.63, 3.8) is 0 Å². The van der Waals surface area contributed by atoms with Gasteiger partial charge in [0.05, 0.1) is 0 Å². The van der Waals surface area contributed by atoms with Gasteiger partial charge in [0.25, 0.3) is 0 Å². The third kappa shape index (κ3) is 28.0. The summed E-state index contributed by atoms with van der Waals surface area (Å²) in [5, 5.41) is 21.3. The van der Waals surface area contributed by atoms with E-state index < -0.39 is 24.3 Å². The maximum absolute atomic E-state index is 10.8. The largest absolute Gasteiger partial charge is 1.00 e. The Kier molecular flexibility index (Phi) is 35.3. The van der Waals surface area contributed by atoms with Crippen molar-refractivity contribution in [2.24, 2.45) is 5.92 Å². The Morgan fingerprint density at radius 1 is 0.667 bits per heavy atom. The van der Waals surface area contributed by atoms with E-state index in [0.29, 0.717) is 0 Å². The fourth-order valence-electron chi connectivity index (χ4n) is 3.48. The SMILES string of the molecule is CCCCCCCCCCCCCCCCCC/C=C/C(CC(=O)[O-])C(=O)[O-].[K+].[K+]. The van der Waals surface area contributed by atoms with Crippen LogP contribution in [0.3, 0.4) is 0 Å². The fourth-order valence-corrected chi connectivity index (χ4v) is 3.48. The predicted molar refractivity (Wildman–Crippen MR) is 111 cm³/mol. The summed E-state index contributed by atoms with van der Waals surface area (Å²) in [5.41, 5.74) is 0. The Morgan fingerprint density at radius 3 is 1.37 bits per heavy atom. The molecule has 0 amide bonds. The Morgan fingerprint density at radius 2 is 1.03 bits per heavy atom. The number of carbonyl (C=O) groups is 2. The summed E-state index contributed by atoms with van der Waals surface area (Å²) < 4.78 is 0. The first-order chi connectivity index (χ1) is 13.6. The second kappa shape index (κ2) is 29.0. The van der Waals surface area contributed by atoms with Gasteiger partial charge in [-0.1, -0.05) is 115 Å². The number of unbranched alkanes of at least 4 members (excludes halogenated alkanes) is 16. The van der Waals surface area contributed by atoms with Gasteiger partial charge >= 0.3 is 103 Å². The molecule has 164 valence electrons. The van der Waals surface area contributed by atoms with Gasteiger partial charge in [-0.2, -0.15) is 0 Å². The predicted octanol–water partition coefficient (Wildman–Crippen LogP) is -1.29. The first-order valence-corrected chi connectivity index (χ1v) is 11.6. The van der Waals surface area contributed by atoms with Crippen molar-refractivity contribution in [3.05, 3.63) is 12.2 Å². The van der Waals surface area contributed by atoms with Crippen LogP contribution >= 0.6 is 0 Å². The van der Waals surface area contributed by atoms with Crippen LogP contribution < -0.4 is 113 Å². The number of aliphatic carboxylic acids is 2. The summed E-state index contributed by atoms with van der Waals surface area (Å²) in [6.07, 6.45) is 24.7. The molecule has 0 rings (SSSR count). The summed E-state index contributed by atoms with van der Waals surface area (Å²) >= 11 is 0. The van der Waals surface area contributed by atoms with Gasteiger partial charge in [-0.25, -0.2) is 0 Å². The number of allylic oxidation sites excluding steroid dienone is 1. The second-order valence-corrected chi connectivity index (χ2v) is 8.02. The van der Waals surface area contributed by atoms with Gasteiger partial charge in [0.1, 0.15) is 0 Å². The molecule has 0 saturated carbocycles. The standard InChI is InChI=1S/C24H44O4.2K/c1-2-3-4-5-6-7-8-9-10-11-12-13-14-15-16-17-18-19-20-22(24(27)28)21-23(25)26;;/h19-20,22H,2-18,21H2,1H3,(H,25,26)(H,27,28);;/q;2*+1/p-2/b20-19+;;. The van der Waals surface area contributed by atoms with Crippen molar-refractivity contribution in [1.29, 1.82) is 0 Å². The molecular formula is C24H42K2O4. The van der Waals surface area contributed by atoms with Gasteiger partial charge in [-0.05, 0) is 19.3 Å². The molecule has 0 aliphatic rings. The number of hydrogen-bond acceptors (Lipinski definition) is 4. The maximum Gasteiger partial charge on any atom is 1.00 e. The minimum Gasteiger partial charge on any atom is -0.550 e. The normalized spacial score (nSPS) is 11.6. The van der Waals surface area contributed by atoms with Crippen LogP contribution in [-0.4, -0.2) is 11.9 Å². The molecule has 0 aromatic heterocycles.